The monoisotopic (exact) mass is 561 g/mol. The summed E-state index contributed by atoms with van der Waals surface area (Å²) in [6.07, 6.45) is 1.99. The minimum Gasteiger partial charge on any atom is -0.308 e. The van der Waals surface area contributed by atoms with Crippen LogP contribution in [0.2, 0.25) is 0 Å². The smallest absolute Gasteiger partial charge is 0.115 e. The van der Waals surface area contributed by atoms with Crippen LogP contribution in [0.4, 0.5) is 0 Å². The molecule has 0 fully saturated rings. The van der Waals surface area contributed by atoms with Gasteiger partial charge in [0.2, 0.25) is 0 Å². The minimum absolute atomic E-state index is 0.0597. The lowest BCUT2D eigenvalue weighted by molar-refractivity contribution is 0.309. The average Bonchev–Trinajstić information content (AvgIpc) is 3.05. The van der Waals surface area contributed by atoms with Crippen LogP contribution in [0.5, 0.6) is 0 Å². The van der Waals surface area contributed by atoms with E-state index in [4.69, 9.17) is 11.1 Å². The zero-order valence-electron chi connectivity index (χ0n) is 24.4. The number of hydrogen-bond donors (Lipinski definition) is 4. The van der Waals surface area contributed by atoms with Crippen molar-refractivity contribution < 1.29 is 0 Å². The molecule has 0 aliphatic rings. The second-order valence-electron chi connectivity index (χ2n) is 10.7. The Balaban J connectivity index is 1.26. The normalized spacial score (nSPS) is 14.1. The minimum atomic E-state index is -0.273. The van der Waals surface area contributed by atoms with Crippen LogP contribution >= 0.6 is 0 Å². The maximum absolute atomic E-state index is 7.95. The molecule has 4 unspecified atom stereocenters. The Hall–Kier alpha value is -4.04. The number of rotatable bonds is 18. The Morgan fingerprint density at radius 3 is 1.14 bits per heavy atom. The fraction of sp³-hybridized carbons (Fsp3) is 0.314. The van der Waals surface area contributed by atoms with Crippen molar-refractivity contribution in [3.05, 3.63) is 144 Å². The van der Waals surface area contributed by atoms with Gasteiger partial charge in [0.05, 0.1) is 12.1 Å². The van der Waals surface area contributed by atoms with E-state index >= 15 is 0 Å². The van der Waals surface area contributed by atoms with Crippen molar-refractivity contribution in [2.45, 2.75) is 37.0 Å². The topological polar surface area (TPSA) is 99.7 Å². The van der Waals surface area contributed by atoms with Gasteiger partial charge in [0.25, 0.3) is 0 Å². The van der Waals surface area contributed by atoms with Crippen molar-refractivity contribution in [3.8, 4) is 0 Å². The standard InChI is InChI=1S/C35H43N7/c1-42(26-14-24-38-32(28-16-6-2-7-17-28)34(40-36)30-20-10-4-11-21-30)27-15-25-39-33(29-18-8-3-9-19-29)35(41-37)31-22-12-5-13-23-31/h2-13,16-23,32-39H,14-15,24-27H2,1H3. The molecule has 0 aliphatic carbocycles. The Morgan fingerprint density at radius 1 is 0.524 bits per heavy atom. The highest BCUT2D eigenvalue weighted by Crippen LogP contribution is 2.33. The molecule has 0 radical (unpaired) electrons. The third-order valence-corrected chi connectivity index (χ3v) is 7.67. The zero-order chi connectivity index (χ0) is 29.4. The van der Waals surface area contributed by atoms with Crippen LogP contribution in [0.25, 0.3) is 0 Å². The van der Waals surface area contributed by atoms with E-state index in [-0.39, 0.29) is 24.2 Å². The van der Waals surface area contributed by atoms with E-state index in [1.165, 1.54) is 0 Å². The second kappa shape index (κ2) is 17.0. The van der Waals surface area contributed by atoms with Crippen molar-refractivity contribution in [1.82, 2.24) is 15.5 Å². The molecular formula is C35H43N7. The first-order valence-electron chi connectivity index (χ1n) is 14.8. The molecule has 4 N–H and O–H groups in total. The van der Waals surface area contributed by atoms with Crippen LogP contribution in [-0.4, -0.2) is 38.1 Å². The third kappa shape index (κ3) is 8.98. The molecule has 42 heavy (non-hydrogen) atoms. The first-order valence-corrected chi connectivity index (χ1v) is 14.8. The van der Waals surface area contributed by atoms with Crippen LogP contribution in [0, 0.1) is 11.1 Å². The van der Waals surface area contributed by atoms with Crippen molar-refractivity contribution in [2.75, 3.05) is 33.2 Å². The van der Waals surface area contributed by atoms with Gasteiger partial charge in [-0.3, -0.25) is 0 Å². The maximum Gasteiger partial charge on any atom is 0.115 e. The molecule has 0 heterocycles. The summed E-state index contributed by atoms with van der Waals surface area (Å²) >= 11 is 0. The summed E-state index contributed by atoms with van der Waals surface area (Å²) in [5.41, 5.74) is 20.3. The van der Waals surface area contributed by atoms with Gasteiger partial charge in [-0.2, -0.15) is 10.2 Å². The summed E-state index contributed by atoms with van der Waals surface area (Å²) in [7, 11) is 2.17. The molecule has 0 saturated heterocycles. The lowest BCUT2D eigenvalue weighted by atomic mass is 9.94. The summed E-state index contributed by atoms with van der Waals surface area (Å²) in [4.78, 5) is 2.37. The molecule has 0 amide bonds. The quantitative estimate of drug-likeness (QED) is 0.0734. The fourth-order valence-corrected chi connectivity index (χ4v) is 5.45. The summed E-state index contributed by atoms with van der Waals surface area (Å²) < 4.78 is 0. The lowest BCUT2D eigenvalue weighted by Crippen LogP contribution is -2.32. The second-order valence-corrected chi connectivity index (χ2v) is 10.7. The number of benzene rings is 4. The molecule has 0 spiro atoms. The van der Waals surface area contributed by atoms with Crippen LogP contribution < -0.4 is 10.6 Å². The predicted octanol–water partition coefficient (Wildman–Crippen LogP) is 7.90. The van der Waals surface area contributed by atoms with Crippen molar-refractivity contribution >= 4 is 0 Å². The summed E-state index contributed by atoms with van der Waals surface area (Å²) in [6.45, 7) is 3.61. The molecule has 7 heteroatoms. The van der Waals surface area contributed by atoms with E-state index in [1.807, 2.05) is 97.1 Å². The Kier molecular flexibility index (Phi) is 12.5. The molecule has 0 saturated carbocycles. The van der Waals surface area contributed by atoms with Gasteiger partial charge in [-0.25, -0.2) is 11.1 Å². The molecule has 218 valence electrons. The fourth-order valence-electron chi connectivity index (χ4n) is 5.45. The number of hydrogen-bond acceptors (Lipinski definition) is 7. The highest BCUT2D eigenvalue weighted by Gasteiger charge is 2.25. The van der Waals surface area contributed by atoms with E-state index in [9.17, 15) is 0 Å². The van der Waals surface area contributed by atoms with Crippen molar-refractivity contribution in [3.63, 3.8) is 0 Å². The SMILES string of the molecule is CN(CCCNC(c1ccccc1)C(N=N)c1ccccc1)CCCNC(c1ccccc1)C(N=N)c1ccccc1. The van der Waals surface area contributed by atoms with Crippen molar-refractivity contribution in [1.29, 1.82) is 11.1 Å². The maximum atomic E-state index is 7.95. The molecule has 7 nitrogen and oxygen atoms in total. The molecule has 0 aromatic heterocycles. The highest BCUT2D eigenvalue weighted by atomic mass is 15.1. The first-order chi connectivity index (χ1) is 20.7. The van der Waals surface area contributed by atoms with E-state index in [0.717, 1.165) is 61.3 Å². The van der Waals surface area contributed by atoms with E-state index in [1.54, 1.807) is 0 Å². The summed E-state index contributed by atoms with van der Waals surface area (Å²) in [5, 5.41) is 15.4. The Labute approximate surface area is 250 Å². The predicted molar refractivity (Wildman–Crippen MR) is 170 cm³/mol. The van der Waals surface area contributed by atoms with Gasteiger partial charge in [0.15, 0.2) is 0 Å². The highest BCUT2D eigenvalue weighted by molar-refractivity contribution is 5.29. The molecule has 4 rings (SSSR count). The van der Waals surface area contributed by atoms with Crippen LogP contribution in [0.3, 0.4) is 0 Å². The molecule has 4 aromatic carbocycles. The Bertz CT molecular complexity index is 1200. The van der Waals surface area contributed by atoms with Crippen LogP contribution in [-0.2, 0) is 0 Å². The lowest BCUT2D eigenvalue weighted by Gasteiger charge is -2.26. The summed E-state index contributed by atoms with van der Waals surface area (Å²) in [6, 6.07) is 40.2. The summed E-state index contributed by atoms with van der Waals surface area (Å²) in [5.74, 6) is 0. The van der Waals surface area contributed by atoms with Gasteiger partial charge >= 0.3 is 0 Å². The van der Waals surface area contributed by atoms with E-state index in [2.05, 4.69) is 57.1 Å². The van der Waals surface area contributed by atoms with Gasteiger partial charge in [-0.1, -0.05) is 121 Å². The van der Waals surface area contributed by atoms with Gasteiger partial charge in [-0.15, -0.1) is 0 Å². The van der Waals surface area contributed by atoms with Crippen molar-refractivity contribution in [2.24, 2.45) is 10.2 Å². The van der Waals surface area contributed by atoms with Crippen LogP contribution in [0.15, 0.2) is 132 Å². The third-order valence-electron chi connectivity index (χ3n) is 7.67. The van der Waals surface area contributed by atoms with Gasteiger partial charge in [-0.05, 0) is 68.3 Å². The first kappa shape index (κ1) is 30.9. The molecule has 4 atom stereocenters. The molecular weight excluding hydrogens is 518 g/mol. The van der Waals surface area contributed by atoms with Gasteiger partial charge < -0.3 is 15.5 Å². The molecule has 0 bridgehead atoms. The number of nitrogens with one attached hydrogen (secondary N) is 4. The van der Waals surface area contributed by atoms with Crippen LogP contribution in [0.1, 0.15) is 59.3 Å². The number of nitrogens with zero attached hydrogens (tertiary/aromatic N) is 3. The van der Waals surface area contributed by atoms with E-state index in [0.29, 0.717) is 0 Å². The zero-order valence-corrected chi connectivity index (χ0v) is 24.4. The Morgan fingerprint density at radius 2 is 0.833 bits per heavy atom. The van der Waals surface area contributed by atoms with Gasteiger partial charge in [0, 0.05) is 0 Å². The van der Waals surface area contributed by atoms with E-state index < -0.39 is 0 Å². The average molecular weight is 562 g/mol. The molecule has 4 aromatic rings. The molecule has 0 aliphatic heterocycles. The largest absolute Gasteiger partial charge is 0.308 e. The van der Waals surface area contributed by atoms with Gasteiger partial charge in [0.1, 0.15) is 12.1 Å².